The van der Waals surface area contributed by atoms with Crippen LogP contribution in [0, 0.1) is 5.41 Å². The van der Waals surface area contributed by atoms with Gasteiger partial charge in [-0.25, -0.2) is 0 Å². The Kier molecular flexibility index (Phi) is 3.39. The molecule has 1 atom stereocenters. The summed E-state index contributed by atoms with van der Waals surface area (Å²) in [6.07, 6.45) is 0. The number of carbonyl (C=O) groups excluding carboxylic acids is 1. The Bertz CT molecular complexity index is 128. The van der Waals surface area contributed by atoms with E-state index in [0.717, 1.165) is 0 Å². The molecule has 0 aliphatic carbocycles. The zero-order chi connectivity index (χ0) is 8.36. The van der Waals surface area contributed by atoms with Gasteiger partial charge in [-0.05, 0) is 0 Å². The minimum Gasteiger partial charge on any atom is -0.321 e. The Morgan fingerprint density at radius 1 is 1.60 bits per heavy atom. The van der Waals surface area contributed by atoms with Crippen molar-refractivity contribution in [2.45, 2.75) is 26.8 Å². The molecule has 0 saturated heterocycles. The van der Waals surface area contributed by atoms with E-state index in [2.05, 4.69) is 12.6 Å². The fourth-order valence-electron chi connectivity index (χ4n) is 0.639. The fraction of sp³-hybridized carbons (Fsp3) is 0.857. The van der Waals surface area contributed by atoms with E-state index in [0.29, 0.717) is 5.75 Å². The van der Waals surface area contributed by atoms with Gasteiger partial charge in [0.1, 0.15) is 0 Å². The predicted octanol–water partition coefficient (Wildman–Crippen LogP) is 0.859. The standard InChI is InChI=1S/C7H15NOS/c1-7(2,3)6(9)5(8)4-10/h5,10H,4,8H2,1-3H3/t5-/m0/s1. The Morgan fingerprint density at radius 3 is 2.10 bits per heavy atom. The van der Waals surface area contributed by atoms with Crippen LogP contribution in [0.3, 0.4) is 0 Å². The summed E-state index contributed by atoms with van der Waals surface area (Å²) in [7, 11) is 0. The zero-order valence-electron chi connectivity index (χ0n) is 6.72. The molecule has 3 heteroatoms. The maximum Gasteiger partial charge on any atom is 0.155 e. The van der Waals surface area contributed by atoms with Gasteiger partial charge in [-0.15, -0.1) is 0 Å². The average Bonchev–Trinajstić information content (AvgIpc) is 1.83. The third-order valence-corrected chi connectivity index (χ3v) is 1.67. The van der Waals surface area contributed by atoms with Crippen LogP contribution in [0.15, 0.2) is 0 Å². The van der Waals surface area contributed by atoms with Crippen molar-refractivity contribution in [1.82, 2.24) is 0 Å². The molecule has 10 heavy (non-hydrogen) atoms. The van der Waals surface area contributed by atoms with Gasteiger partial charge in [-0.2, -0.15) is 12.6 Å². The number of nitrogens with two attached hydrogens (primary N) is 1. The minimum absolute atomic E-state index is 0.0718. The Hall–Kier alpha value is -0.0200. The molecule has 0 bridgehead atoms. The van der Waals surface area contributed by atoms with E-state index in [1.54, 1.807) is 0 Å². The first-order valence-electron chi connectivity index (χ1n) is 3.30. The number of thiol groups is 1. The zero-order valence-corrected chi connectivity index (χ0v) is 7.61. The van der Waals surface area contributed by atoms with Gasteiger partial charge in [-0.3, -0.25) is 4.79 Å². The Labute approximate surface area is 67.6 Å². The van der Waals surface area contributed by atoms with E-state index < -0.39 is 6.04 Å². The van der Waals surface area contributed by atoms with Crippen molar-refractivity contribution in [2.75, 3.05) is 5.75 Å². The molecule has 60 valence electrons. The smallest absolute Gasteiger partial charge is 0.155 e. The molecule has 0 radical (unpaired) electrons. The molecule has 0 aromatic heterocycles. The summed E-state index contributed by atoms with van der Waals surface area (Å²) in [5.74, 6) is 0.498. The predicted molar refractivity (Wildman–Crippen MR) is 46.3 cm³/mol. The van der Waals surface area contributed by atoms with Gasteiger partial charge < -0.3 is 5.73 Å². The number of carbonyl (C=O) groups is 1. The summed E-state index contributed by atoms with van der Waals surface area (Å²) in [5, 5.41) is 0. The third-order valence-electron chi connectivity index (χ3n) is 1.27. The van der Waals surface area contributed by atoms with Crippen LogP contribution >= 0.6 is 12.6 Å². The highest BCUT2D eigenvalue weighted by atomic mass is 32.1. The van der Waals surface area contributed by atoms with Crippen LogP contribution in [0.5, 0.6) is 0 Å². The largest absolute Gasteiger partial charge is 0.321 e. The molecule has 0 aliphatic heterocycles. The van der Waals surface area contributed by atoms with Crippen LogP contribution in [0.1, 0.15) is 20.8 Å². The molecule has 0 amide bonds. The molecular formula is C7H15NOS. The summed E-state index contributed by atoms with van der Waals surface area (Å²) >= 11 is 3.94. The van der Waals surface area contributed by atoms with Crippen LogP contribution in [0.25, 0.3) is 0 Å². The lowest BCUT2D eigenvalue weighted by atomic mass is 9.87. The maximum absolute atomic E-state index is 11.2. The first-order chi connectivity index (χ1) is 4.39. The molecule has 0 aromatic carbocycles. The van der Waals surface area contributed by atoms with E-state index in [4.69, 9.17) is 5.73 Å². The molecule has 0 rings (SSSR count). The van der Waals surface area contributed by atoms with Gasteiger partial charge in [0.25, 0.3) is 0 Å². The second-order valence-corrected chi connectivity index (χ2v) is 3.77. The highest BCUT2D eigenvalue weighted by Gasteiger charge is 2.25. The molecule has 2 nitrogen and oxygen atoms in total. The lowest BCUT2D eigenvalue weighted by Gasteiger charge is -2.20. The minimum atomic E-state index is -0.414. The topological polar surface area (TPSA) is 43.1 Å². The van der Waals surface area contributed by atoms with Crippen molar-refractivity contribution in [3.63, 3.8) is 0 Å². The van der Waals surface area contributed by atoms with E-state index in [9.17, 15) is 4.79 Å². The van der Waals surface area contributed by atoms with Gasteiger partial charge in [0.05, 0.1) is 6.04 Å². The Morgan fingerprint density at radius 2 is 2.00 bits per heavy atom. The summed E-state index contributed by atoms with van der Waals surface area (Å²) in [5.41, 5.74) is 5.15. The quantitative estimate of drug-likeness (QED) is 0.590. The molecule has 0 saturated carbocycles. The summed E-state index contributed by atoms with van der Waals surface area (Å²) in [6.45, 7) is 5.58. The first kappa shape index (κ1) is 9.98. The summed E-state index contributed by atoms with van der Waals surface area (Å²) < 4.78 is 0. The molecule has 0 unspecified atom stereocenters. The van der Waals surface area contributed by atoms with Crippen molar-refractivity contribution in [2.24, 2.45) is 11.1 Å². The highest BCUT2D eigenvalue weighted by molar-refractivity contribution is 7.80. The second-order valence-electron chi connectivity index (χ2n) is 3.40. The lowest BCUT2D eigenvalue weighted by molar-refractivity contribution is -0.127. The number of hydrogen-bond acceptors (Lipinski definition) is 3. The monoisotopic (exact) mass is 161 g/mol. The van der Waals surface area contributed by atoms with Crippen molar-refractivity contribution >= 4 is 18.4 Å². The average molecular weight is 161 g/mol. The van der Waals surface area contributed by atoms with Gasteiger partial charge in [0.15, 0.2) is 5.78 Å². The first-order valence-corrected chi connectivity index (χ1v) is 3.93. The van der Waals surface area contributed by atoms with Gasteiger partial charge in [-0.1, -0.05) is 20.8 Å². The van der Waals surface area contributed by atoms with E-state index >= 15 is 0 Å². The SMILES string of the molecule is CC(C)(C)C(=O)[C@@H](N)CS. The number of rotatable bonds is 2. The molecule has 0 spiro atoms. The molecule has 0 aliphatic rings. The fourth-order valence-corrected chi connectivity index (χ4v) is 0.805. The van der Waals surface area contributed by atoms with Crippen molar-refractivity contribution in [3.05, 3.63) is 0 Å². The van der Waals surface area contributed by atoms with Gasteiger partial charge in [0, 0.05) is 11.2 Å². The number of Topliss-reactive ketones (excluding diaryl/α,β-unsaturated/α-hetero) is 1. The summed E-state index contributed by atoms with van der Waals surface area (Å²) in [4.78, 5) is 11.2. The number of ketones is 1. The molecule has 0 heterocycles. The molecule has 0 fully saturated rings. The van der Waals surface area contributed by atoms with E-state index in [1.807, 2.05) is 20.8 Å². The molecular weight excluding hydrogens is 146 g/mol. The maximum atomic E-state index is 11.2. The second kappa shape index (κ2) is 3.39. The van der Waals surface area contributed by atoms with Gasteiger partial charge >= 0.3 is 0 Å². The normalized spacial score (nSPS) is 14.9. The van der Waals surface area contributed by atoms with Crippen LogP contribution in [-0.4, -0.2) is 17.6 Å². The van der Waals surface area contributed by atoms with Crippen LogP contribution in [-0.2, 0) is 4.79 Å². The van der Waals surface area contributed by atoms with E-state index in [1.165, 1.54) is 0 Å². The lowest BCUT2D eigenvalue weighted by Crippen LogP contribution is -2.40. The summed E-state index contributed by atoms with van der Waals surface area (Å²) in [6, 6.07) is -0.414. The highest BCUT2D eigenvalue weighted by Crippen LogP contribution is 2.16. The Balaban J connectivity index is 4.09. The van der Waals surface area contributed by atoms with E-state index in [-0.39, 0.29) is 11.2 Å². The van der Waals surface area contributed by atoms with Crippen LogP contribution < -0.4 is 5.73 Å². The molecule has 2 N–H and O–H groups in total. The van der Waals surface area contributed by atoms with Crippen molar-refractivity contribution in [1.29, 1.82) is 0 Å². The van der Waals surface area contributed by atoms with Crippen LogP contribution in [0.2, 0.25) is 0 Å². The number of hydrogen-bond donors (Lipinski definition) is 2. The van der Waals surface area contributed by atoms with Crippen molar-refractivity contribution in [3.8, 4) is 0 Å². The third kappa shape index (κ3) is 2.71. The molecule has 0 aromatic rings. The van der Waals surface area contributed by atoms with Crippen LogP contribution in [0.4, 0.5) is 0 Å². The van der Waals surface area contributed by atoms with Gasteiger partial charge in [0.2, 0.25) is 0 Å². The van der Waals surface area contributed by atoms with Crippen molar-refractivity contribution < 1.29 is 4.79 Å².